The molecule has 118 valence electrons. The first-order valence-corrected chi connectivity index (χ1v) is 8.25. The van der Waals surface area contributed by atoms with Gasteiger partial charge < -0.3 is 14.8 Å². The van der Waals surface area contributed by atoms with Crippen LogP contribution in [0.4, 0.5) is 4.79 Å². The Kier molecular flexibility index (Phi) is 3.45. The zero-order valence-electron chi connectivity index (χ0n) is 13.3. The Hall–Kier alpha value is -2.49. The normalized spacial score (nSPS) is 18.0. The summed E-state index contributed by atoms with van der Waals surface area (Å²) < 4.78 is 2.38. The third-order valence-electron chi connectivity index (χ3n) is 4.64. The van der Waals surface area contributed by atoms with Gasteiger partial charge in [0.1, 0.15) is 0 Å². The molecular formula is C19H21N3O. The number of hydrogen-bond acceptors (Lipinski definition) is 1. The fourth-order valence-corrected chi connectivity index (χ4v) is 3.62. The first-order valence-electron chi connectivity index (χ1n) is 8.25. The van der Waals surface area contributed by atoms with Crippen molar-refractivity contribution in [2.75, 3.05) is 13.1 Å². The number of aryl methyl sites for hydroxylation is 1. The molecule has 4 nitrogen and oxygen atoms in total. The quantitative estimate of drug-likeness (QED) is 0.785. The van der Waals surface area contributed by atoms with Crippen molar-refractivity contribution in [1.82, 2.24) is 14.8 Å². The molecule has 1 aliphatic heterocycles. The summed E-state index contributed by atoms with van der Waals surface area (Å²) in [4.78, 5) is 13.7. The Morgan fingerprint density at radius 2 is 1.61 bits per heavy atom. The second-order valence-electron chi connectivity index (χ2n) is 6.34. The Labute approximate surface area is 135 Å². The van der Waals surface area contributed by atoms with Crippen molar-refractivity contribution < 1.29 is 4.79 Å². The lowest BCUT2D eigenvalue weighted by Crippen LogP contribution is -2.29. The number of urea groups is 1. The monoisotopic (exact) mass is 307 g/mol. The maximum atomic E-state index is 11.8. The molecule has 23 heavy (non-hydrogen) atoms. The summed E-state index contributed by atoms with van der Waals surface area (Å²) in [7, 11) is 0. The van der Waals surface area contributed by atoms with Crippen LogP contribution in [-0.2, 0) is 6.54 Å². The highest BCUT2D eigenvalue weighted by Crippen LogP contribution is 2.28. The number of rotatable bonds is 4. The summed E-state index contributed by atoms with van der Waals surface area (Å²) in [6.45, 7) is 4.58. The van der Waals surface area contributed by atoms with E-state index in [0.717, 1.165) is 26.1 Å². The van der Waals surface area contributed by atoms with Crippen molar-refractivity contribution in [1.29, 1.82) is 0 Å². The number of nitrogens with zero attached hydrogens (tertiary/aromatic N) is 2. The second-order valence-corrected chi connectivity index (χ2v) is 6.34. The third kappa shape index (κ3) is 2.44. The van der Waals surface area contributed by atoms with E-state index in [0.29, 0.717) is 0 Å². The van der Waals surface area contributed by atoms with Gasteiger partial charge in [0.2, 0.25) is 0 Å². The molecule has 1 atom stereocenters. The van der Waals surface area contributed by atoms with Gasteiger partial charge in [0.15, 0.2) is 0 Å². The van der Waals surface area contributed by atoms with Crippen LogP contribution in [0.2, 0.25) is 0 Å². The van der Waals surface area contributed by atoms with Crippen molar-refractivity contribution in [2.45, 2.75) is 25.9 Å². The van der Waals surface area contributed by atoms with Crippen LogP contribution in [0, 0.1) is 0 Å². The van der Waals surface area contributed by atoms with Gasteiger partial charge in [-0.1, -0.05) is 36.4 Å². The van der Waals surface area contributed by atoms with Crippen LogP contribution >= 0.6 is 0 Å². The zero-order chi connectivity index (χ0) is 15.8. The Morgan fingerprint density at radius 1 is 1.00 bits per heavy atom. The van der Waals surface area contributed by atoms with Crippen molar-refractivity contribution in [2.24, 2.45) is 0 Å². The molecule has 2 amide bonds. The smallest absolute Gasteiger partial charge is 0.317 e. The zero-order valence-corrected chi connectivity index (χ0v) is 13.3. The summed E-state index contributed by atoms with van der Waals surface area (Å²) >= 11 is 0. The number of hydrogen-bond donors (Lipinski definition) is 1. The van der Waals surface area contributed by atoms with Gasteiger partial charge in [-0.05, 0) is 25.5 Å². The van der Waals surface area contributed by atoms with Crippen LogP contribution in [0.5, 0.6) is 0 Å². The average molecular weight is 307 g/mol. The molecule has 2 aromatic carbocycles. The molecule has 4 heteroatoms. The summed E-state index contributed by atoms with van der Waals surface area (Å²) in [5.74, 6) is 0. The SMILES string of the molecule is CC1CN(CCCn2c3ccccc3c3ccccc32)C(=O)N1. The number of para-hydroxylation sites is 2. The highest BCUT2D eigenvalue weighted by molar-refractivity contribution is 6.07. The van der Waals surface area contributed by atoms with Gasteiger partial charge in [-0.25, -0.2) is 4.79 Å². The fraction of sp³-hybridized carbons (Fsp3) is 0.316. The number of carbonyl (C=O) groups excluding carboxylic acids is 1. The van der Waals surface area contributed by atoms with Gasteiger partial charge in [0, 0.05) is 47.5 Å². The van der Waals surface area contributed by atoms with Gasteiger partial charge in [-0.3, -0.25) is 0 Å². The molecule has 0 aliphatic carbocycles. The number of amides is 2. The van der Waals surface area contributed by atoms with E-state index >= 15 is 0 Å². The van der Waals surface area contributed by atoms with Crippen LogP contribution in [0.3, 0.4) is 0 Å². The van der Waals surface area contributed by atoms with E-state index < -0.39 is 0 Å². The highest BCUT2D eigenvalue weighted by atomic mass is 16.2. The largest absolute Gasteiger partial charge is 0.340 e. The highest BCUT2D eigenvalue weighted by Gasteiger charge is 2.24. The van der Waals surface area contributed by atoms with Crippen LogP contribution < -0.4 is 5.32 Å². The molecule has 3 aromatic rings. The molecule has 2 heterocycles. The van der Waals surface area contributed by atoms with E-state index in [1.807, 2.05) is 11.8 Å². The molecule has 1 aliphatic rings. The first kappa shape index (κ1) is 14.1. The van der Waals surface area contributed by atoms with Gasteiger partial charge in [0.05, 0.1) is 0 Å². The molecule has 0 radical (unpaired) electrons. The van der Waals surface area contributed by atoms with Gasteiger partial charge >= 0.3 is 6.03 Å². The minimum absolute atomic E-state index is 0.0692. The van der Waals surface area contributed by atoms with E-state index in [4.69, 9.17) is 0 Å². The van der Waals surface area contributed by atoms with Gasteiger partial charge in [-0.15, -0.1) is 0 Å². The molecule has 0 saturated carbocycles. The number of aromatic nitrogens is 1. The van der Waals surface area contributed by atoms with Crippen molar-refractivity contribution in [3.05, 3.63) is 48.5 Å². The summed E-state index contributed by atoms with van der Waals surface area (Å²) in [5, 5.41) is 5.55. The van der Waals surface area contributed by atoms with Gasteiger partial charge in [0.25, 0.3) is 0 Å². The van der Waals surface area contributed by atoms with Crippen molar-refractivity contribution in [3.63, 3.8) is 0 Å². The molecular weight excluding hydrogens is 286 g/mol. The van der Waals surface area contributed by atoms with Crippen LogP contribution in [0.25, 0.3) is 21.8 Å². The number of benzene rings is 2. The van der Waals surface area contributed by atoms with Crippen molar-refractivity contribution >= 4 is 27.8 Å². The Morgan fingerprint density at radius 3 is 2.17 bits per heavy atom. The standard InChI is InChI=1S/C19H21N3O/c1-14-13-21(19(23)20-14)11-6-12-22-17-9-4-2-7-15(17)16-8-3-5-10-18(16)22/h2-5,7-10,14H,6,11-13H2,1H3,(H,20,23). The molecule has 0 bridgehead atoms. The number of carbonyl (C=O) groups is 1. The summed E-state index contributed by atoms with van der Waals surface area (Å²) in [5.41, 5.74) is 2.54. The van der Waals surface area contributed by atoms with Crippen molar-refractivity contribution in [3.8, 4) is 0 Å². The first-order chi connectivity index (χ1) is 11.2. The topological polar surface area (TPSA) is 37.3 Å². The van der Waals surface area contributed by atoms with Crippen LogP contribution in [0.15, 0.2) is 48.5 Å². The third-order valence-corrected chi connectivity index (χ3v) is 4.64. The van der Waals surface area contributed by atoms with E-state index in [1.165, 1.54) is 21.8 Å². The average Bonchev–Trinajstić information content (AvgIpc) is 3.06. The Bertz CT molecular complexity index is 814. The molecule has 1 saturated heterocycles. The Balaban J connectivity index is 1.59. The maximum absolute atomic E-state index is 11.8. The number of fused-ring (bicyclic) bond motifs is 3. The molecule has 4 rings (SSSR count). The molecule has 1 aromatic heterocycles. The van der Waals surface area contributed by atoms with Crippen LogP contribution in [0.1, 0.15) is 13.3 Å². The summed E-state index contributed by atoms with van der Waals surface area (Å²) in [6.07, 6.45) is 0.961. The van der Waals surface area contributed by atoms with Crippen LogP contribution in [-0.4, -0.2) is 34.6 Å². The van der Waals surface area contributed by atoms with E-state index in [2.05, 4.69) is 58.4 Å². The molecule has 0 spiro atoms. The second kappa shape index (κ2) is 5.61. The van der Waals surface area contributed by atoms with E-state index in [-0.39, 0.29) is 12.1 Å². The molecule has 1 fully saturated rings. The molecule has 1 N–H and O–H groups in total. The lowest BCUT2D eigenvalue weighted by Gasteiger charge is -2.15. The molecule has 1 unspecified atom stereocenters. The van der Waals surface area contributed by atoms with E-state index in [9.17, 15) is 4.79 Å². The number of nitrogens with one attached hydrogen (secondary N) is 1. The lowest BCUT2D eigenvalue weighted by molar-refractivity contribution is 0.216. The summed E-state index contributed by atoms with van der Waals surface area (Å²) in [6, 6.07) is 17.4. The maximum Gasteiger partial charge on any atom is 0.317 e. The predicted molar refractivity (Wildman–Crippen MR) is 93.6 cm³/mol. The predicted octanol–water partition coefficient (Wildman–Crippen LogP) is 3.60. The lowest BCUT2D eigenvalue weighted by atomic mass is 10.2. The fourth-order valence-electron chi connectivity index (χ4n) is 3.62. The minimum atomic E-state index is 0.0692. The van der Waals surface area contributed by atoms with Gasteiger partial charge in [-0.2, -0.15) is 0 Å². The van der Waals surface area contributed by atoms with E-state index in [1.54, 1.807) is 0 Å². The minimum Gasteiger partial charge on any atom is -0.340 e.